The van der Waals surface area contributed by atoms with Crippen molar-refractivity contribution >= 4 is 6.29 Å². The highest BCUT2D eigenvalue weighted by atomic mass is 16.3. The second-order valence-corrected chi connectivity index (χ2v) is 3.82. The summed E-state index contributed by atoms with van der Waals surface area (Å²) in [6.07, 6.45) is 9.61. The molecule has 0 unspecified atom stereocenters. The fraction of sp³-hybridized carbons (Fsp3) is 0.417. The number of rotatable bonds is 1. The van der Waals surface area contributed by atoms with Crippen LogP contribution in [0.25, 0.3) is 0 Å². The minimum absolute atomic E-state index is 0.212. The smallest absolute Gasteiger partial charge is 0.153 e. The molecule has 2 rings (SSSR count). The molecule has 0 bridgehead atoms. The zero-order valence-corrected chi connectivity index (χ0v) is 8.12. The molecule has 2 nitrogen and oxygen atoms in total. The molecule has 2 aliphatic carbocycles. The molecule has 0 atom stereocenters. The molecule has 2 aliphatic rings. The fourth-order valence-electron chi connectivity index (χ4n) is 2.16. The van der Waals surface area contributed by atoms with Gasteiger partial charge in [-0.25, -0.2) is 0 Å². The van der Waals surface area contributed by atoms with Gasteiger partial charge in [-0.3, -0.25) is 4.79 Å². The number of hydrogen-bond acceptors (Lipinski definition) is 2. The summed E-state index contributed by atoms with van der Waals surface area (Å²) in [7, 11) is 0. The van der Waals surface area contributed by atoms with Gasteiger partial charge in [0.05, 0.1) is 5.57 Å². The summed E-state index contributed by atoms with van der Waals surface area (Å²) in [5.41, 5.74) is 2.75. The Hall–Kier alpha value is -1.31. The lowest BCUT2D eigenvalue weighted by molar-refractivity contribution is -0.104. The van der Waals surface area contributed by atoms with E-state index < -0.39 is 0 Å². The predicted octanol–water partition coefficient (Wildman–Crippen LogP) is 2.83. The van der Waals surface area contributed by atoms with Crippen LogP contribution in [0.3, 0.4) is 0 Å². The lowest BCUT2D eigenvalue weighted by Crippen LogP contribution is -2.02. The topological polar surface area (TPSA) is 37.3 Å². The van der Waals surface area contributed by atoms with Crippen LogP contribution in [0, 0.1) is 0 Å². The predicted molar refractivity (Wildman–Crippen MR) is 55.0 cm³/mol. The summed E-state index contributed by atoms with van der Waals surface area (Å²) in [4.78, 5) is 10.7. The normalized spacial score (nSPS) is 22.0. The number of aliphatic hydroxyl groups is 1. The number of hydrogen-bond donors (Lipinski definition) is 1. The standard InChI is InChI=1S/C12H14O2/c13-8-10-6-3-5-9-4-1-2-7-11(9)12(10)14/h3,6,8,14H,1-2,4-5,7H2. The van der Waals surface area contributed by atoms with Crippen molar-refractivity contribution in [3.05, 3.63) is 34.6 Å². The Kier molecular flexibility index (Phi) is 2.53. The number of carbonyl (C=O) groups is 1. The summed E-state index contributed by atoms with van der Waals surface area (Å²) >= 11 is 0. The third-order valence-corrected chi connectivity index (χ3v) is 2.93. The maximum atomic E-state index is 10.7. The monoisotopic (exact) mass is 190 g/mol. The van der Waals surface area contributed by atoms with E-state index in [0.29, 0.717) is 5.57 Å². The molecule has 0 fully saturated rings. The van der Waals surface area contributed by atoms with Crippen LogP contribution in [0.5, 0.6) is 0 Å². The quantitative estimate of drug-likeness (QED) is 0.645. The van der Waals surface area contributed by atoms with E-state index in [4.69, 9.17) is 0 Å². The van der Waals surface area contributed by atoms with E-state index in [-0.39, 0.29) is 5.76 Å². The molecule has 74 valence electrons. The average Bonchev–Trinajstić information content (AvgIpc) is 2.39. The SMILES string of the molecule is O=CC1=C(O)C2=C(CC=C1)CCCC2. The van der Waals surface area contributed by atoms with Crippen molar-refractivity contribution < 1.29 is 9.90 Å². The van der Waals surface area contributed by atoms with Gasteiger partial charge in [0.15, 0.2) is 6.29 Å². The van der Waals surface area contributed by atoms with Crippen LogP contribution < -0.4 is 0 Å². The molecular formula is C12H14O2. The molecular weight excluding hydrogens is 176 g/mol. The van der Waals surface area contributed by atoms with Gasteiger partial charge in [-0.1, -0.05) is 17.7 Å². The molecule has 14 heavy (non-hydrogen) atoms. The van der Waals surface area contributed by atoms with Crippen LogP contribution in [0.2, 0.25) is 0 Å². The molecule has 0 aliphatic heterocycles. The Morgan fingerprint density at radius 3 is 2.86 bits per heavy atom. The van der Waals surface area contributed by atoms with Crippen molar-refractivity contribution in [2.24, 2.45) is 0 Å². The summed E-state index contributed by atoms with van der Waals surface area (Å²) in [5, 5.41) is 9.88. The molecule has 0 amide bonds. The molecule has 0 heterocycles. The van der Waals surface area contributed by atoms with Crippen LogP contribution in [0.1, 0.15) is 32.1 Å². The largest absolute Gasteiger partial charge is 0.507 e. The van der Waals surface area contributed by atoms with Gasteiger partial charge in [0.25, 0.3) is 0 Å². The van der Waals surface area contributed by atoms with Crippen molar-refractivity contribution in [1.82, 2.24) is 0 Å². The minimum atomic E-state index is 0.212. The summed E-state index contributed by atoms with van der Waals surface area (Å²) < 4.78 is 0. The van der Waals surface area contributed by atoms with E-state index in [9.17, 15) is 9.90 Å². The molecule has 0 aromatic heterocycles. The van der Waals surface area contributed by atoms with Crippen LogP contribution >= 0.6 is 0 Å². The Labute approximate surface area is 83.6 Å². The minimum Gasteiger partial charge on any atom is -0.507 e. The van der Waals surface area contributed by atoms with E-state index in [1.807, 2.05) is 6.08 Å². The first-order valence-corrected chi connectivity index (χ1v) is 5.09. The number of allylic oxidation sites excluding steroid dienone is 5. The van der Waals surface area contributed by atoms with Gasteiger partial charge in [-0.2, -0.15) is 0 Å². The van der Waals surface area contributed by atoms with Gasteiger partial charge in [0.2, 0.25) is 0 Å². The summed E-state index contributed by atoms with van der Waals surface area (Å²) in [5.74, 6) is 0.212. The molecule has 0 saturated heterocycles. The van der Waals surface area contributed by atoms with Crippen LogP contribution in [-0.2, 0) is 4.79 Å². The second kappa shape index (κ2) is 3.82. The summed E-state index contributed by atoms with van der Waals surface area (Å²) in [6, 6.07) is 0. The lowest BCUT2D eigenvalue weighted by atomic mass is 9.89. The van der Waals surface area contributed by atoms with Crippen molar-refractivity contribution in [3.8, 4) is 0 Å². The van der Waals surface area contributed by atoms with Crippen molar-refractivity contribution in [2.75, 3.05) is 0 Å². The van der Waals surface area contributed by atoms with Crippen LogP contribution in [-0.4, -0.2) is 11.4 Å². The van der Waals surface area contributed by atoms with Crippen LogP contribution in [0.15, 0.2) is 34.6 Å². The van der Waals surface area contributed by atoms with E-state index >= 15 is 0 Å². The van der Waals surface area contributed by atoms with Gasteiger partial charge in [0, 0.05) is 0 Å². The van der Waals surface area contributed by atoms with Gasteiger partial charge >= 0.3 is 0 Å². The van der Waals surface area contributed by atoms with Gasteiger partial charge in [0.1, 0.15) is 5.76 Å². The van der Waals surface area contributed by atoms with Crippen molar-refractivity contribution in [3.63, 3.8) is 0 Å². The first-order valence-electron chi connectivity index (χ1n) is 5.09. The highest BCUT2D eigenvalue weighted by Gasteiger charge is 2.18. The van der Waals surface area contributed by atoms with E-state index in [1.54, 1.807) is 6.08 Å². The molecule has 0 spiro atoms. The zero-order chi connectivity index (χ0) is 9.97. The first-order chi connectivity index (χ1) is 6.83. The maximum Gasteiger partial charge on any atom is 0.153 e. The maximum absolute atomic E-state index is 10.7. The van der Waals surface area contributed by atoms with Gasteiger partial charge in [-0.15, -0.1) is 0 Å². The highest BCUT2D eigenvalue weighted by Crippen LogP contribution is 2.33. The number of aldehydes is 1. The zero-order valence-electron chi connectivity index (χ0n) is 8.12. The lowest BCUT2D eigenvalue weighted by Gasteiger charge is -2.18. The third-order valence-electron chi connectivity index (χ3n) is 2.93. The van der Waals surface area contributed by atoms with E-state index in [2.05, 4.69) is 0 Å². The fourth-order valence-corrected chi connectivity index (χ4v) is 2.16. The van der Waals surface area contributed by atoms with E-state index in [0.717, 1.165) is 37.5 Å². The first kappa shape index (κ1) is 9.25. The summed E-state index contributed by atoms with van der Waals surface area (Å²) in [6.45, 7) is 0. The molecule has 0 aromatic rings. The van der Waals surface area contributed by atoms with Crippen molar-refractivity contribution in [2.45, 2.75) is 32.1 Å². The number of carbonyl (C=O) groups excluding carboxylic acids is 1. The highest BCUT2D eigenvalue weighted by molar-refractivity contribution is 5.80. The molecule has 0 aromatic carbocycles. The van der Waals surface area contributed by atoms with Crippen molar-refractivity contribution in [1.29, 1.82) is 0 Å². The van der Waals surface area contributed by atoms with Gasteiger partial charge < -0.3 is 5.11 Å². The number of aliphatic hydroxyl groups excluding tert-OH is 1. The third kappa shape index (κ3) is 1.52. The molecule has 0 radical (unpaired) electrons. The van der Waals surface area contributed by atoms with E-state index in [1.165, 1.54) is 12.0 Å². The second-order valence-electron chi connectivity index (χ2n) is 3.82. The average molecular weight is 190 g/mol. The molecule has 2 heteroatoms. The Bertz CT molecular complexity index is 345. The van der Waals surface area contributed by atoms with Crippen LogP contribution in [0.4, 0.5) is 0 Å². The molecule has 0 saturated carbocycles. The Morgan fingerprint density at radius 1 is 1.29 bits per heavy atom. The molecule has 1 N–H and O–H groups in total. The van der Waals surface area contributed by atoms with Gasteiger partial charge in [-0.05, 0) is 37.7 Å². The Balaban J connectivity index is 2.46. The Morgan fingerprint density at radius 2 is 2.07 bits per heavy atom.